The summed E-state index contributed by atoms with van der Waals surface area (Å²) in [6.45, 7) is 4.96. The van der Waals surface area contributed by atoms with Crippen molar-refractivity contribution in [3.05, 3.63) is 0 Å². The largest absolute Gasteiger partial charge is 0.447 e. The summed E-state index contributed by atoms with van der Waals surface area (Å²) < 4.78 is 4.89. The van der Waals surface area contributed by atoms with Crippen LogP contribution in [0.15, 0.2) is 5.16 Å². The van der Waals surface area contributed by atoms with Crippen molar-refractivity contribution in [3.63, 3.8) is 0 Å². The summed E-state index contributed by atoms with van der Waals surface area (Å²) in [5.41, 5.74) is 5.00. The highest BCUT2D eigenvalue weighted by Gasteiger charge is 2.19. The number of nitrogens with zero attached hydrogens (tertiary/aromatic N) is 1. The number of carbonyl (C=O) groups excluding carboxylic acids is 3. The Balaban J connectivity index is 4.15. The molecular formula is C10H17N3O5. The van der Waals surface area contributed by atoms with Crippen molar-refractivity contribution in [2.45, 2.75) is 39.3 Å². The fourth-order valence-electron chi connectivity index (χ4n) is 0.734. The molecule has 0 aromatic heterocycles. The minimum atomic E-state index is -0.968. The molecule has 0 bridgehead atoms. The van der Waals surface area contributed by atoms with Crippen LogP contribution in [0.1, 0.15) is 27.2 Å². The molecule has 0 aromatic carbocycles. The SMILES string of the molecule is CCC(C)OC(=O)NC(C)C(=O)O/N=C(\N)C=O. The molecule has 0 aromatic rings. The molecule has 2 atom stereocenters. The van der Waals surface area contributed by atoms with Crippen LogP contribution in [0.25, 0.3) is 0 Å². The van der Waals surface area contributed by atoms with Crippen molar-refractivity contribution in [2.24, 2.45) is 10.9 Å². The highest BCUT2D eigenvalue weighted by atomic mass is 16.7. The van der Waals surface area contributed by atoms with E-state index in [0.29, 0.717) is 6.42 Å². The Morgan fingerprint density at radius 3 is 2.56 bits per heavy atom. The molecule has 18 heavy (non-hydrogen) atoms. The third-order valence-electron chi connectivity index (χ3n) is 1.93. The summed E-state index contributed by atoms with van der Waals surface area (Å²) in [6.07, 6.45) is -0.104. The van der Waals surface area contributed by atoms with E-state index in [4.69, 9.17) is 10.5 Å². The van der Waals surface area contributed by atoms with Crippen molar-refractivity contribution in [2.75, 3.05) is 0 Å². The first-order valence-corrected chi connectivity index (χ1v) is 5.37. The molecule has 8 nitrogen and oxygen atoms in total. The minimum absolute atomic E-state index is 0.225. The third-order valence-corrected chi connectivity index (χ3v) is 1.93. The van der Waals surface area contributed by atoms with Crippen molar-refractivity contribution >= 4 is 24.2 Å². The van der Waals surface area contributed by atoms with Crippen molar-refractivity contribution in [3.8, 4) is 0 Å². The lowest BCUT2D eigenvalue weighted by atomic mass is 10.3. The average Bonchev–Trinajstić information content (AvgIpc) is 2.34. The van der Waals surface area contributed by atoms with Crippen molar-refractivity contribution < 1.29 is 24.0 Å². The zero-order chi connectivity index (χ0) is 14.1. The molecule has 0 radical (unpaired) electrons. The van der Waals surface area contributed by atoms with E-state index in [0.717, 1.165) is 0 Å². The van der Waals surface area contributed by atoms with E-state index in [-0.39, 0.29) is 12.4 Å². The predicted molar refractivity (Wildman–Crippen MR) is 62.6 cm³/mol. The van der Waals surface area contributed by atoms with Crippen molar-refractivity contribution in [1.29, 1.82) is 0 Å². The van der Waals surface area contributed by atoms with Gasteiger partial charge in [-0.15, -0.1) is 0 Å². The van der Waals surface area contributed by atoms with E-state index >= 15 is 0 Å². The van der Waals surface area contributed by atoms with Gasteiger partial charge in [0.15, 0.2) is 6.29 Å². The van der Waals surface area contributed by atoms with Gasteiger partial charge < -0.3 is 20.6 Å². The monoisotopic (exact) mass is 259 g/mol. The van der Waals surface area contributed by atoms with Gasteiger partial charge in [0.2, 0.25) is 5.84 Å². The number of carbonyl (C=O) groups is 3. The first-order chi connectivity index (χ1) is 8.40. The molecule has 0 aliphatic carbocycles. The number of aldehydes is 1. The maximum Gasteiger partial charge on any atom is 0.408 e. The Morgan fingerprint density at radius 1 is 1.44 bits per heavy atom. The van der Waals surface area contributed by atoms with Gasteiger partial charge in [0.1, 0.15) is 12.1 Å². The van der Waals surface area contributed by atoms with Crippen molar-refractivity contribution in [1.82, 2.24) is 5.32 Å². The van der Waals surface area contributed by atoms with E-state index in [2.05, 4.69) is 15.3 Å². The number of nitrogens with two attached hydrogens (primary N) is 1. The highest BCUT2D eigenvalue weighted by molar-refractivity contribution is 6.26. The molecule has 102 valence electrons. The molecule has 1 amide bonds. The topological polar surface area (TPSA) is 120 Å². The van der Waals surface area contributed by atoms with Gasteiger partial charge in [-0.2, -0.15) is 0 Å². The van der Waals surface area contributed by atoms with Gasteiger partial charge in [-0.25, -0.2) is 9.59 Å². The van der Waals surface area contributed by atoms with Crippen LogP contribution in [-0.4, -0.2) is 36.3 Å². The third kappa shape index (κ3) is 6.46. The molecular weight excluding hydrogens is 242 g/mol. The Kier molecular flexibility index (Phi) is 7.10. The van der Waals surface area contributed by atoms with Crippen LogP contribution in [0, 0.1) is 0 Å². The number of oxime groups is 1. The summed E-state index contributed by atoms with van der Waals surface area (Å²) in [5.74, 6) is -1.33. The predicted octanol–water partition coefficient (Wildman–Crippen LogP) is -0.0861. The van der Waals surface area contributed by atoms with Gasteiger partial charge in [-0.05, 0) is 20.3 Å². The Hall–Kier alpha value is -2.12. The molecule has 0 aliphatic rings. The number of ether oxygens (including phenoxy) is 1. The molecule has 3 N–H and O–H groups in total. The van der Waals surface area contributed by atoms with Gasteiger partial charge in [-0.1, -0.05) is 12.1 Å². The lowest BCUT2D eigenvalue weighted by Crippen LogP contribution is -2.40. The minimum Gasteiger partial charge on any atom is -0.447 e. The van der Waals surface area contributed by atoms with Crippen LogP contribution in [0.2, 0.25) is 0 Å². The van der Waals surface area contributed by atoms with Crippen LogP contribution < -0.4 is 11.1 Å². The Labute approximate surface area is 104 Å². The zero-order valence-corrected chi connectivity index (χ0v) is 10.5. The molecule has 0 aliphatic heterocycles. The maximum atomic E-state index is 11.3. The first-order valence-electron chi connectivity index (χ1n) is 5.37. The Bertz CT molecular complexity index is 342. The normalized spacial score (nSPS) is 14.3. The number of amides is 1. The number of alkyl carbamates (subject to hydrolysis) is 1. The standard InChI is InChI=1S/C10H17N3O5/c1-4-6(2)17-10(16)12-7(3)9(15)18-13-8(11)5-14/h5-7H,4H2,1-3H3,(H2,11,13)(H,12,16). The summed E-state index contributed by atoms with van der Waals surface area (Å²) in [5, 5.41) is 5.29. The first kappa shape index (κ1) is 15.9. The summed E-state index contributed by atoms with van der Waals surface area (Å²) in [7, 11) is 0. The molecule has 0 rings (SSSR count). The zero-order valence-electron chi connectivity index (χ0n) is 10.5. The number of amidine groups is 1. The fourth-order valence-corrected chi connectivity index (χ4v) is 0.734. The number of nitrogens with one attached hydrogen (secondary N) is 1. The Morgan fingerprint density at radius 2 is 2.06 bits per heavy atom. The molecule has 0 spiro atoms. The van der Waals surface area contributed by atoms with E-state index in [9.17, 15) is 14.4 Å². The molecule has 0 saturated heterocycles. The van der Waals surface area contributed by atoms with Crippen LogP contribution in [0.4, 0.5) is 4.79 Å². The summed E-state index contributed by atoms with van der Waals surface area (Å²) >= 11 is 0. The van der Waals surface area contributed by atoms with Gasteiger partial charge in [-0.3, -0.25) is 4.79 Å². The summed E-state index contributed by atoms with van der Waals surface area (Å²) in [6, 6.07) is -0.968. The number of hydrogen-bond donors (Lipinski definition) is 2. The van der Waals surface area contributed by atoms with Gasteiger partial charge in [0, 0.05) is 0 Å². The van der Waals surface area contributed by atoms with Crippen LogP contribution in [0.5, 0.6) is 0 Å². The lowest BCUT2D eigenvalue weighted by Gasteiger charge is -2.14. The van der Waals surface area contributed by atoms with Crippen LogP contribution >= 0.6 is 0 Å². The highest BCUT2D eigenvalue weighted by Crippen LogP contribution is 1.97. The van der Waals surface area contributed by atoms with Gasteiger partial charge >= 0.3 is 12.1 Å². The van der Waals surface area contributed by atoms with Crippen LogP contribution in [0.3, 0.4) is 0 Å². The van der Waals surface area contributed by atoms with E-state index in [1.807, 2.05) is 6.92 Å². The second kappa shape index (κ2) is 8.04. The fraction of sp³-hybridized carbons (Fsp3) is 0.600. The number of rotatable bonds is 6. The van der Waals surface area contributed by atoms with E-state index in [1.165, 1.54) is 6.92 Å². The average molecular weight is 259 g/mol. The summed E-state index contributed by atoms with van der Waals surface area (Å²) in [4.78, 5) is 36.9. The van der Waals surface area contributed by atoms with E-state index < -0.39 is 23.9 Å². The van der Waals surface area contributed by atoms with Gasteiger partial charge in [0.25, 0.3) is 0 Å². The maximum absolute atomic E-state index is 11.3. The second-order valence-corrected chi connectivity index (χ2v) is 3.53. The van der Waals surface area contributed by atoms with Gasteiger partial charge in [0.05, 0.1) is 0 Å². The quantitative estimate of drug-likeness (QED) is 0.226. The number of hydrogen-bond acceptors (Lipinski definition) is 6. The van der Waals surface area contributed by atoms with E-state index in [1.54, 1.807) is 6.92 Å². The molecule has 8 heteroatoms. The molecule has 0 saturated carbocycles. The molecule has 2 unspecified atom stereocenters. The lowest BCUT2D eigenvalue weighted by molar-refractivity contribution is -0.145. The second-order valence-electron chi connectivity index (χ2n) is 3.53. The molecule has 0 fully saturated rings. The molecule has 0 heterocycles. The van der Waals surface area contributed by atoms with Crippen LogP contribution in [-0.2, 0) is 19.2 Å². The smallest absolute Gasteiger partial charge is 0.408 e.